The Morgan fingerprint density at radius 3 is 2.48 bits per heavy atom. The Morgan fingerprint density at radius 1 is 1.08 bits per heavy atom. The first-order valence-electron chi connectivity index (χ1n) is 8.72. The molecule has 1 atom stereocenters. The zero-order chi connectivity index (χ0) is 17.8. The van der Waals surface area contributed by atoms with Crippen LogP contribution in [0.25, 0.3) is 0 Å². The smallest absolute Gasteiger partial charge is 0.247 e. The van der Waals surface area contributed by atoms with Crippen molar-refractivity contribution in [3.8, 4) is 0 Å². The van der Waals surface area contributed by atoms with Gasteiger partial charge in [-0.15, -0.1) is 0 Å². The van der Waals surface area contributed by atoms with Crippen molar-refractivity contribution in [2.75, 3.05) is 16.3 Å². The molecule has 0 radical (unpaired) electrons. The van der Waals surface area contributed by atoms with E-state index in [1.807, 2.05) is 61.2 Å². The molecule has 2 heterocycles. The van der Waals surface area contributed by atoms with Crippen LogP contribution < -0.4 is 9.80 Å². The summed E-state index contributed by atoms with van der Waals surface area (Å²) in [5, 5.41) is 0. The summed E-state index contributed by atoms with van der Waals surface area (Å²) in [4.78, 5) is 29.5. The van der Waals surface area contributed by atoms with E-state index >= 15 is 0 Å². The summed E-state index contributed by atoms with van der Waals surface area (Å²) in [5.74, 6) is -0.0412. The van der Waals surface area contributed by atoms with Crippen LogP contribution in [0.5, 0.6) is 0 Å². The van der Waals surface area contributed by atoms with Gasteiger partial charge < -0.3 is 9.80 Å². The third-order valence-electron chi connectivity index (χ3n) is 5.42. The number of anilines is 2. The number of hydrogen-bond donors (Lipinski definition) is 0. The highest BCUT2D eigenvalue weighted by Gasteiger charge is 2.45. The molecule has 0 unspecified atom stereocenters. The second-order valence-corrected chi connectivity index (χ2v) is 7.48. The zero-order valence-electron chi connectivity index (χ0n) is 14.8. The van der Waals surface area contributed by atoms with E-state index in [9.17, 15) is 9.59 Å². The van der Waals surface area contributed by atoms with E-state index in [4.69, 9.17) is 0 Å². The van der Waals surface area contributed by atoms with Crippen molar-refractivity contribution < 1.29 is 9.59 Å². The summed E-state index contributed by atoms with van der Waals surface area (Å²) < 4.78 is 0. The molecule has 25 heavy (non-hydrogen) atoms. The Balaban J connectivity index is 1.65. The average Bonchev–Trinajstić information content (AvgIpc) is 3.02. The number of fused-ring (bicyclic) bond motifs is 2. The van der Waals surface area contributed by atoms with Crippen LogP contribution >= 0.6 is 0 Å². The standard InChI is InChI=1S/C21H22N2O2/c1-14-12-15-8-4-6-10-17(15)23(14)19(24)13-22-18-11-7-5-9-16(18)21(2,3)20(22)25/h4-11,14H,12-13H2,1-3H3/t14-/m0/s1. The molecule has 2 aromatic rings. The van der Waals surface area contributed by atoms with Gasteiger partial charge in [0, 0.05) is 17.4 Å². The molecule has 2 amide bonds. The second-order valence-electron chi connectivity index (χ2n) is 7.48. The third-order valence-corrected chi connectivity index (χ3v) is 5.42. The second kappa shape index (κ2) is 5.45. The van der Waals surface area contributed by atoms with E-state index in [-0.39, 0.29) is 24.4 Å². The molecule has 2 aliphatic heterocycles. The minimum absolute atomic E-state index is 0.0119. The maximum absolute atomic E-state index is 13.1. The summed E-state index contributed by atoms with van der Waals surface area (Å²) >= 11 is 0. The van der Waals surface area contributed by atoms with Gasteiger partial charge >= 0.3 is 0 Å². The predicted octanol–water partition coefficient (Wildman–Crippen LogP) is 3.29. The average molecular weight is 334 g/mol. The van der Waals surface area contributed by atoms with Crippen molar-refractivity contribution in [2.24, 2.45) is 0 Å². The fourth-order valence-corrected chi connectivity index (χ4v) is 4.11. The normalized spacial score (nSPS) is 20.6. The minimum atomic E-state index is -0.592. The summed E-state index contributed by atoms with van der Waals surface area (Å²) in [7, 11) is 0. The van der Waals surface area contributed by atoms with Crippen molar-refractivity contribution >= 4 is 23.2 Å². The minimum Gasteiger partial charge on any atom is -0.307 e. The van der Waals surface area contributed by atoms with Crippen LogP contribution in [0, 0.1) is 0 Å². The first-order chi connectivity index (χ1) is 11.9. The molecule has 2 aliphatic rings. The molecule has 0 saturated carbocycles. The van der Waals surface area contributed by atoms with E-state index in [2.05, 4.69) is 13.0 Å². The van der Waals surface area contributed by atoms with Gasteiger partial charge in [0.05, 0.1) is 5.41 Å². The molecule has 0 fully saturated rings. The Bertz CT molecular complexity index is 872. The van der Waals surface area contributed by atoms with Gasteiger partial charge in [0.2, 0.25) is 11.8 Å². The molecule has 0 saturated heterocycles. The summed E-state index contributed by atoms with van der Waals surface area (Å²) in [6, 6.07) is 15.9. The van der Waals surface area contributed by atoms with Crippen LogP contribution in [0.3, 0.4) is 0 Å². The SMILES string of the molecule is C[C@H]1Cc2ccccc2N1C(=O)CN1C(=O)C(C)(C)c2ccccc21. The van der Waals surface area contributed by atoms with Gasteiger partial charge in [-0.3, -0.25) is 9.59 Å². The molecular formula is C21H22N2O2. The van der Waals surface area contributed by atoms with Gasteiger partial charge in [0.25, 0.3) is 0 Å². The molecule has 2 aromatic carbocycles. The van der Waals surface area contributed by atoms with Gasteiger partial charge in [-0.25, -0.2) is 0 Å². The summed E-state index contributed by atoms with van der Waals surface area (Å²) in [5.41, 5.74) is 3.41. The Kier molecular flexibility index (Phi) is 3.46. The highest BCUT2D eigenvalue weighted by Crippen LogP contribution is 2.41. The van der Waals surface area contributed by atoms with E-state index in [0.717, 1.165) is 23.4 Å². The predicted molar refractivity (Wildman–Crippen MR) is 98.9 cm³/mol. The lowest BCUT2D eigenvalue weighted by Crippen LogP contribution is -2.46. The fraction of sp³-hybridized carbons (Fsp3) is 0.333. The first-order valence-corrected chi connectivity index (χ1v) is 8.72. The number of nitrogens with zero attached hydrogens (tertiary/aromatic N) is 2. The van der Waals surface area contributed by atoms with Gasteiger partial charge in [0.15, 0.2) is 0 Å². The monoisotopic (exact) mass is 334 g/mol. The lowest BCUT2D eigenvalue weighted by molar-refractivity contribution is -0.124. The van der Waals surface area contributed by atoms with Gasteiger partial charge in [-0.1, -0.05) is 36.4 Å². The molecule has 0 aliphatic carbocycles. The quantitative estimate of drug-likeness (QED) is 0.845. The van der Waals surface area contributed by atoms with Crippen molar-refractivity contribution in [1.29, 1.82) is 0 Å². The largest absolute Gasteiger partial charge is 0.307 e. The van der Waals surface area contributed by atoms with Crippen LogP contribution in [0.4, 0.5) is 11.4 Å². The summed E-state index contributed by atoms with van der Waals surface area (Å²) in [6.45, 7) is 5.98. The van der Waals surface area contributed by atoms with Crippen molar-refractivity contribution in [1.82, 2.24) is 0 Å². The molecule has 0 bridgehead atoms. The molecule has 4 nitrogen and oxygen atoms in total. The summed E-state index contributed by atoms with van der Waals surface area (Å²) in [6.07, 6.45) is 0.859. The van der Waals surface area contributed by atoms with Gasteiger partial charge in [-0.2, -0.15) is 0 Å². The number of amides is 2. The first kappa shape index (κ1) is 15.9. The maximum atomic E-state index is 13.1. The van der Waals surface area contributed by atoms with E-state index in [1.165, 1.54) is 5.56 Å². The molecule has 4 heteroatoms. The van der Waals surface area contributed by atoms with E-state index < -0.39 is 5.41 Å². The van der Waals surface area contributed by atoms with Crippen LogP contribution in [0.2, 0.25) is 0 Å². The molecule has 0 N–H and O–H groups in total. The lowest BCUT2D eigenvalue weighted by atomic mass is 9.86. The third kappa shape index (κ3) is 2.28. The number of rotatable bonds is 2. The van der Waals surface area contributed by atoms with Gasteiger partial charge in [-0.05, 0) is 50.5 Å². The fourth-order valence-electron chi connectivity index (χ4n) is 4.11. The lowest BCUT2D eigenvalue weighted by Gasteiger charge is -2.26. The number of carbonyl (C=O) groups excluding carboxylic acids is 2. The van der Waals surface area contributed by atoms with Crippen LogP contribution in [-0.2, 0) is 21.4 Å². The number of hydrogen-bond acceptors (Lipinski definition) is 2. The van der Waals surface area contributed by atoms with Crippen LogP contribution in [-0.4, -0.2) is 24.4 Å². The Morgan fingerprint density at radius 2 is 1.72 bits per heavy atom. The Hall–Kier alpha value is -2.62. The number of benzene rings is 2. The van der Waals surface area contributed by atoms with E-state index in [1.54, 1.807) is 4.90 Å². The highest BCUT2D eigenvalue weighted by atomic mass is 16.2. The molecule has 4 rings (SSSR count). The molecule has 0 spiro atoms. The van der Waals surface area contributed by atoms with Crippen molar-refractivity contribution in [2.45, 2.75) is 38.6 Å². The zero-order valence-corrected chi connectivity index (χ0v) is 14.8. The molecule has 128 valence electrons. The molecular weight excluding hydrogens is 312 g/mol. The van der Waals surface area contributed by atoms with E-state index in [0.29, 0.717) is 0 Å². The highest BCUT2D eigenvalue weighted by molar-refractivity contribution is 6.12. The number of para-hydroxylation sites is 2. The Labute approximate surface area is 148 Å². The van der Waals surface area contributed by atoms with Crippen LogP contribution in [0.15, 0.2) is 48.5 Å². The van der Waals surface area contributed by atoms with Gasteiger partial charge in [0.1, 0.15) is 6.54 Å². The topological polar surface area (TPSA) is 40.6 Å². The van der Waals surface area contributed by atoms with Crippen LogP contribution in [0.1, 0.15) is 31.9 Å². The van der Waals surface area contributed by atoms with Crippen molar-refractivity contribution in [3.05, 3.63) is 59.7 Å². The maximum Gasteiger partial charge on any atom is 0.247 e. The number of carbonyl (C=O) groups is 2. The molecule has 0 aromatic heterocycles. The van der Waals surface area contributed by atoms with Crippen molar-refractivity contribution in [3.63, 3.8) is 0 Å².